The van der Waals surface area contributed by atoms with Gasteiger partial charge in [-0.05, 0) is 42.7 Å². The molecule has 8 nitrogen and oxygen atoms in total. The number of carbonyl (C=O) groups excluding carboxylic acids is 3. The molecule has 0 bridgehead atoms. The molecule has 2 fully saturated rings. The van der Waals surface area contributed by atoms with Crippen molar-refractivity contribution < 1.29 is 19.3 Å². The van der Waals surface area contributed by atoms with Gasteiger partial charge in [-0.1, -0.05) is 54.1 Å². The van der Waals surface area contributed by atoms with Crippen molar-refractivity contribution >= 4 is 35.0 Å². The molecule has 0 spiro atoms. The molecule has 3 heterocycles. The topological polar surface area (TPSA) is 101 Å². The predicted octanol–water partition coefficient (Wildman–Crippen LogP) is 4.61. The zero-order valence-electron chi connectivity index (χ0n) is 20.2. The first-order valence-corrected chi connectivity index (χ1v) is 12.1. The van der Waals surface area contributed by atoms with Crippen molar-refractivity contribution in [3.63, 3.8) is 0 Å². The Morgan fingerprint density at radius 3 is 2.43 bits per heavy atom. The number of aryl methyl sites for hydroxylation is 2. The van der Waals surface area contributed by atoms with E-state index in [1.165, 1.54) is 29.2 Å². The Bertz CT molecular complexity index is 1540. The molecule has 6 rings (SSSR count). The molecule has 2 amide bonds. The van der Waals surface area contributed by atoms with Crippen LogP contribution in [0.3, 0.4) is 0 Å². The number of hydrogen-bond donors (Lipinski definition) is 0. The number of fused-ring (bicyclic) bond motifs is 5. The normalized spacial score (nSPS) is 23.6. The zero-order chi connectivity index (χ0) is 26.0. The standard InChI is InChI=1S/C29H23N3O5/c1-16-10-11-22(17(2)14-16)31-28(34)23-24(29(31)35)26(27(33)19-7-5-8-20(15-19)32(36)37)30-13-12-18-6-3-4-9-21(18)25(23)30/h3-15,23-26H,1-2H3/t23-,24-,25+,26+/m1/s1. The molecular weight excluding hydrogens is 470 g/mol. The second kappa shape index (κ2) is 8.23. The molecular formula is C29H23N3O5. The number of amides is 2. The summed E-state index contributed by atoms with van der Waals surface area (Å²) in [5.41, 5.74) is 4.05. The van der Waals surface area contributed by atoms with Crippen LogP contribution >= 0.6 is 0 Å². The highest BCUT2D eigenvalue weighted by atomic mass is 16.6. The maximum absolute atomic E-state index is 14.0. The first-order valence-electron chi connectivity index (χ1n) is 12.1. The number of Topliss-reactive ketones (excluding diaryl/α,β-unsaturated/α-hetero) is 1. The monoisotopic (exact) mass is 493 g/mol. The minimum absolute atomic E-state index is 0.135. The van der Waals surface area contributed by atoms with Crippen LogP contribution in [-0.4, -0.2) is 33.5 Å². The van der Waals surface area contributed by atoms with E-state index in [1.54, 1.807) is 17.2 Å². The first kappa shape index (κ1) is 22.8. The summed E-state index contributed by atoms with van der Waals surface area (Å²) in [6.45, 7) is 3.80. The van der Waals surface area contributed by atoms with Crippen molar-refractivity contribution in [2.24, 2.45) is 11.8 Å². The minimum atomic E-state index is -0.978. The quantitative estimate of drug-likeness (QED) is 0.228. The molecule has 0 aromatic heterocycles. The van der Waals surface area contributed by atoms with Crippen LogP contribution in [-0.2, 0) is 9.59 Å². The Balaban J connectivity index is 1.50. The van der Waals surface area contributed by atoms with Crippen LogP contribution in [0.2, 0.25) is 0 Å². The largest absolute Gasteiger partial charge is 0.358 e. The lowest BCUT2D eigenvalue weighted by atomic mass is 9.83. The van der Waals surface area contributed by atoms with Crippen LogP contribution in [0.15, 0.2) is 72.9 Å². The van der Waals surface area contributed by atoms with Gasteiger partial charge in [0.25, 0.3) is 5.69 Å². The molecule has 8 heteroatoms. The fourth-order valence-electron chi connectivity index (χ4n) is 6.09. The van der Waals surface area contributed by atoms with Gasteiger partial charge in [0.2, 0.25) is 11.8 Å². The fraction of sp³-hybridized carbons (Fsp3) is 0.207. The van der Waals surface area contributed by atoms with E-state index in [1.807, 2.05) is 56.3 Å². The Morgan fingerprint density at radius 2 is 1.68 bits per heavy atom. The summed E-state index contributed by atoms with van der Waals surface area (Å²) in [6.07, 6.45) is 3.64. The van der Waals surface area contributed by atoms with Crippen LogP contribution in [0.1, 0.15) is 38.7 Å². The van der Waals surface area contributed by atoms with Gasteiger partial charge in [0.1, 0.15) is 6.04 Å². The third kappa shape index (κ3) is 3.32. The molecule has 0 radical (unpaired) electrons. The van der Waals surface area contributed by atoms with E-state index < -0.39 is 40.5 Å². The molecule has 3 aliphatic rings. The summed E-state index contributed by atoms with van der Waals surface area (Å²) < 4.78 is 0. The molecule has 184 valence electrons. The van der Waals surface area contributed by atoms with Crippen molar-refractivity contribution in [3.8, 4) is 0 Å². The third-order valence-corrected chi connectivity index (χ3v) is 7.66. The summed E-state index contributed by atoms with van der Waals surface area (Å²) >= 11 is 0. The lowest BCUT2D eigenvalue weighted by Gasteiger charge is -2.35. The number of ketones is 1. The number of nitro groups is 1. The number of carbonyl (C=O) groups is 3. The summed E-state index contributed by atoms with van der Waals surface area (Å²) in [5.74, 6) is -2.89. The average molecular weight is 494 g/mol. The number of nitrogens with zero attached hydrogens (tertiary/aromatic N) is 3. The van der Waals surface area contributed by atoms with E-state index in [4.69, 9.17) is 0 Å². The number of anilines is 1. The Morgan fingerprint density at radius 1 is 0.919 bits per heavy atom. The minimum Gasteiger partial charge on any atom is -0.358 e. The van der Waals surface area contributed by atoms with Crippen LogP contribution in [0, 0.1) is 35.8 Å². The van der Waals surface area contributed by atoms with Crippen molar-refractivity contribution in [3.05, 3.63) is 111 Å². The number of imide groups is 1. The number of nitro benzene ring substituents is 1. The van der Waals surface area contributed by atoms with E-state index >= 15 is 0 Å². The van der Waals surface area contributed by atoms with Crippen LogP contribution in [0.5, 0.6) is 0 Å². The fourth-order valence-corrected chi connectivity index (χ4v) is 6.09. The number of rotatable bonds is 4. The molecule has 0 unspecified atom stereocenters. The molecule has 0 aliphatic carbocycles. The molecule has 3 aromatic rings. The van der Waals surface area contributed by atoms with Gasteiger partial charge in [-0.3, -0.25) is 24.5 Å². The van der Waals surface area contributed by atoms with Crippen LogP contribution in [0.4, 0.5) is 11.4 Å². The van der Waals surface area contributed by atoms with Gasteiger partial charge in [0.05, 0.1) is 28.5 Å². The van der Waals surface area contributed by atoms with E-state index in [9.17, 15) is 24.5 Å². The zero-order valence-corrected chi connectivity index (χ0v) is 20.2. The Labute approximate surface area is 213 Å². The molecule has 3 aromatic carbocycles. The molecule has 37 heavy (non-hydrogen) atoms. The second-order valence-corrected chi connectivity index (χ2v) is 9.81. The van der Waals surface area contributed by atoms with Crippen molar-refractivity contribution in [2.75, 3.05) is 4.90 Å². The maximum atomic E-state index is 14.0. The lowest BCUT2D eigenvalue weighted by molar-refractivity contribution is -0.384. The first-order chi connectivity index (χ1) is 17.8. The van der Waals surface area contributed by atoms with Gasteiger partial charge < -0.3 is 4.90 Å². The summed E-state index contributed by atoms with van der Waals surface area (Å²) in [6, 6.07) is 17.2. The maximum Gasteiger partial charge on any atom is 0.270 e. The smallest absolute Gasteiger partial charge is 0.270 e. The Kier molecular flexibility index (Phi) is 5.08. The van der Waals surface area contributed by atoms with E-state index in [0.29, 0.717) is 5.69 Å². The van der Waals surface area contributed by atoms with Gasteiger partial charge in [0.15, 0.2) is 5.78 Å². The highest BCUT2D eigenvalue weighted by molar-refractivity contribution is 6.25. The summed E-state index contributed by atoms with van der Waals surface area (Å²) in [5, 5.41) is 11.4. The van der Waals surface area contributed by atoms with Crippen LogP contribution in [0.25, 0.3) is 6.08 Å². The molecule has 3 aliphatic heterocycles. The van der Waals surface area contributed by atoms with Gasteiger partial charge >= 0.3 is 0 Å². The summed E-state index contributed by atoms with van der Waals surface area (Å²) in [4.78, 5) is 55.8. The predicted molar refractivity (Wildman–Crippen MR) is 137 cm³/mol. The second-order valence-electron chi connectivity index (χ2n) is 9.81. The van der Waals surface area contributed by atoms with Crippen LogP contribution < -0.4 is 4.90 Å². The Hall–Kier alpha value is -4.59. The van der Waals surface area contributed by atoms with Gasteiger partial charge in [0, 0.05) is 23.9 Å². The van der Waals surface area contributed by atoms with Crippen molar-refractivity contribution in [1.82, 2.24) is 4.90 Å². The molecule has 2 saturated heterocycles. The number of hydrogen-bond acceptors (Lipinski definition) is 6. The molecule has 0 N–H and O–H groups in total. The van der Waals surface area contributed by atoms with E-state index in [0.717, 1.165) is 22.3 Å². The third-order valence-electron chi connectivity index (χ3n) is 7.66. The van der Waals surface area contributed by atoms with E-state index in [2.05, 4.69) is 0 Å². The van der Waals surface area contributed by atoms with Gasteiger partial charge in [-0.25, -0.2) is 4.90 Å². The average Bonchev–Trinajstić information content (AvgIpc) is 3.36. The van der Waals surface area contributed by atoms with Crippen molar-refractivity contribution in [2.45, 2.75) is 25.9 Å². The number of non-ortho nitro benzene ring substituents is 1. The highest BCUT2D eigenvalue weighted by Crippen LogP contribution is 2.54. The van der Waals surface area contributed by atoms with E-state index in [-0.39, 0.29) is 17.2 Å². The highest BCUT2D eigenvalue weighted by Gasteiger charge is 2.64. The molecule has 0 saturated carbocycles. The molecule has 4 atom stereocenters. The lowest BCUT2D eigenvalue weighted by Crippen LogP contribution is -2.44. The van der Waals surface area contributed by atoms with Crippen molar-refractivity contribution in [1.29, 1.82) is 0 Å². The number of benzene rings is 3. The SMILES string of the molecule is Cc1ccc(N2C(=O)[C@@H]3[C@@H](C2=O)[C@@H]2c4ccccc4C=CN2[C@@H]3C(=O)c2cccc([N+](=O)[O-])c2)c(C)c1. The van der Waals surface area contributed by atoms with Gasteiger partial charge in [-0.15, -0.1) is 0 Å². The van der Waals surface area contributed by atoms with Gasteiger partial charge in [-0.2, -0.15) is 0 Å². The summed E-state index contributed by atoms with van der Waals surface area (Å²) in [7, 11) is 0.